The number of hydrogen-bond donors (Lipinski definition) is 4. The normalized spacial score (nSPS) is 16.1. The number of hydrogen-bond acceptors (Lipinski definition) is 11. The average Bonchev–Trinajstić information content (AvgIpc) is 3.59. The van der Waals surface area contributed by atoms with Gasteiger partial charge in [-0.2, -0.15) is 13.2 Å². The lowest BCUT2D eigenvalue weighted by Gasteiger charge is -2.33. The molecular weight excluding hydrogens is 768 g/mol. The Morgan fingerprint density at radius 2 is 1.71 bits per heavy atom. The van der Waals surface area contributed by atoms with Crippen LogP contribution in [-0.4, -0.2) is 84.0 Å². The van der Waals surface area contributed by atoms with Crippen LogP contribution in [0.3, 0.4) is 0 Å². The number of sulfone groups is 1. The number of alkyl halides is 3. The predicted molar refractivity (Wildman–Crippen MR) is 194 cm³/mol. The number of nitrogen functional groups attached to an aromatic ring is 1. The van der Waals surface area contributed by atoms with Crippen LogP contribution in [0.15, 0.2) is 71.8 Å². The maximum Gasteiger partial charge on any atom is 0.490 e. The number of nitrogens with two attached hydrogens (primary N) is 1. The van der Waals surface area contributed by atoms with E-state index in [0.717, 1.165) is 7.11 Å². The molecule has 3 atom stereocenters. The molecule has 14 nitrogen and oxygen atoms in total. The summed E-state index contributed by atoms with van der Waals surface area (Å²) in [4.78, 5) is 54.1. The SMILES string of the molecule is CCOc1ccc(F)c([C@@H](Nc2ccc3c(N)nccc3c2)C(=O)N2CCC(C(=O)O)C2c2cc(C(=O)OC)ccc2S(=O)(=O)C(C)C)c1.O=C(O)C(F)(F)F. The highest BCUT2D eigenvalue weighted by atomic mass is 32.2. The fraction of sp³-hybridized carbons (Fsp3) is 0.324. The van der Waals surface area contributed by atoms with Crippen molar-refractivity contribution in [3.05, 3.63) is 89.4 Å². The number of aliphatic carboxylic acids is 2. The molecule has 3 aromatic carbocycles. The van der Waals surface area contributed by atoms with Crippen molar-refractivity contribution in [3.8, 4) is 5.75 Å². The lowest BCUT2D eigenvalue weighted by atomic mass is 9.92. The standard InChI is InChI=1S/C35H37FN4O8S.C2HF3O2/c1-5-48-23-8-10-28(36)26(18-23)30(39-22-7-9-24-20(16-22)12-14-38-32(24)37)33(41)40-15-13-25(34(42)43)31(40)27-17-21(35(44)47-4)6-11-29(27)49(45,46)19(2)3;3-2(4,5)1(6)7/h6-12,14,16-19,25,30-31,39H,5,13,15H2,1-4H3,(H2,37,38)(H,42,43);(H,6,7)/t25?,30-,31?;/m1./s1. The summed E-state index contributed by atoms with van der Waals surface area (Å²) in [5, 5.41) is 21.0. The Kier molecular flexibility index (Phi) is 13.1. The van der Waals surface area contributed by atoms with Crippen LogP contribution in [0.4, 0.5) is 29.1 Å². The van der Waals surface area contributed by atoms with E-state index in [0.29, 0.717) is 28.0 Å². The van der Waals surface area contributed by atoms with Crippen molar-refractivity contribution in [3.63, 3.8) is 0 Å². The van der Waals surface area contributed by atoms with Gasteiger partial charge in [0.2, 0.25) is 5.91 Å². The van der Waals surface area contributed by atoms with Gasteiger partial charge in [-0.3, -0.25) is 9.59 Å². The molecule has 1 aliphatic heterocycles. The second-order valence-electron chi connectivity index (χ2n) is 12.7. The summed E-state index contributed by atoms with van der Waals surface area (Å²) >= 11 is 0. The van der Waals surface area contributed by atoms with Crippen LogP contribution in [0.25, 0.3) is 10.8 Å². The minimum atomic E-state index is -5.08. The van der Waals surface area contributed by atoms with Gasteiger partial charge in [0, 0.05) is 29.4 Å². The third-order valence-electron chi connectivity index (χ3n) is 8.86. The summed E-state index contributed by atoms with van der Waals surface area (Å²) in [6.07, 6.45) is -3.59. The molecule has 1 fully saturated rings. The number of benzene rings is 3. The zero-order valence-corrected chi connectivity index (χ0v) is 31.2. The first-order chi connectivity index (χ1) is 26.2. The number of carboxylic acid groups (broad SMARTS) is 2. The Labute approximate surface area is 318 Å². The van der Waals surface area contributed by atoms with Gasteiger partial charge in [0.05, 0.1) is 41.4 Å². The summed E-state index contributed by atoms with van der Waals surface area (Å²) in [5.41, 5.74) is 6.28. The quantitative estimate of drug-likeness (QED) is 0.105. The second kappa shape index (κ2) is 17.2. The maximum atomic E-state index is 15.7. The van der Waals surface area contributed by atoms with Crippen molar-refractivity contribution in [2.45, 2.75) is 55.6 Å². The van der Waals surface area contributed by atoms with E-state index in [2.05, 4.69) is 10.3 Å². The number of rotatable bonds is 11. The van der Waals surface area contributed by atoms with E-state index < -0.39 is 68.9 Å². The van der Waals surface area contributed by atoms with Crippen molar-refractivity contribution in [1.82, 2.24) is 9.88 Å². The van der Waals surface area contributed by atoms with E-state index in [9.17, 15) is 41.1 Å². The number of nitrogens with zero attached hydrogens (tertiary/aromatic N) is 2. The highest BCUT2D eigenvalue weighted by molar-refractivity contribution is 7.92. The number of methoxy groups -OCH3 is 1. The van der Waals surface area contributed by atoms with Gasteiger partial charge in [0.25, 0.3) is 0 Å². The van der Waals surface area contributed by atoms with Crippen molar-refractivity contribution in [2.75, 3.05) is 31.3 Å². The number of aromatic nitrogens is 1. The Morgan fingerprint density at radius 1 is 1.04 bits per heavy atom. The summed E-state index contributed by atoms with van der Waals surface area (Å²) in [6.45, 7) is 4.87. The number of halogens is 4. The number of pyridine rings is 1. The van der Waals surface area contributed by atoms with E-state index in [1.807, 2.05) is 0 Å². The van der Waals surface area contributed by atoms with Crippen molar-refractivity contribution in [1.29, 1.82) is 0 Å². The first kappa shape index (κ1) is 42.8. The van der Waals surface area contributed by atoms with E-state index in [1.54, 1.807) is 31.2 Å². The molecule has 5 rings (SSSR count). The minimum Gasteiger partial charge on any atom is -0.494 e. The van der Waals surface area contributed by atoms with Crippen molar-refractivity contribution < 1.29 is 64.8 Å². The van der Waals surface area contributed by atoms with Crippen LogP contribution in [-0.2, 0) is 29.0 Å². The number of esters is 1. The fourth-order valence-corrected chi connectivity index (χ4v) is 7.39. The van der Waals surface area contributed by atoms with Crippen LogP contribution in [0, 0.1) is 11.7 Å². The molecule has 5 N–H and O–H groups in total. The first-order valence-electron chi connectivity index (χ1n) is 16.8. The van der Waals surface area contributed by atoms with Gasteiger partial charge in [-0.05, 0) is 98.8 Å². The molecule has 1 amide bonds. The van der Waals surface area contributed by atoms with Gasteiger partial charge in [-0.25, -0.2) is 27.4 Å². The Hall–Kier alpha value is -5.98. The van der Waals surface area contributed by atoms with Gasteiger partial charge in [0.15, 0.2) is 9.84 Å². The lowest BCUT2D eigenvalue weighted by molar-refractivity contribution is -0.192. The Bertz CT molecular complexity index is 2250. The number of fused-ring (bicyclic) bond motifs is 1. The van der Waals surface area contributed by atoms with Gasteiger partial charge in [0.1, 0.15) is 23.4 Å². The fourth-order valence-electron chi connectivity index (χ4n) is 6.12. The van der Waals surface area contributed by atoms with Gasteiger partial charge in [-0.1, -0.05) is 0 Å². The average molecular weight is 807 g/mol. The van der Waals surface area contributed by atoms with Gasteiger partial charge in [-0.15, -0.1) is 0 Å². The van der Waals surface area contributed by atoms with Crippen LogP contribution in [0.1, 0.15) is 60.8 Å². The van der Waals surface area contributed by atoms with Crippen LogP contribution < -0.4 is 15.8 Å². The Morgan fingerprint density at radius 3 is 2.30 bits per heavy atom. The van der Waals surface area contributed by atoms with Crippen LogP contribution >= 0.6 is 0 Å². The predicted octanol–water partition coefficient (Wildman–Crippen LogP) is 5.78. The van der Waals surface area contributed by atoms with E-state index in [-0.39, 0.29) is 41.2 Å². The molecule has 0 aliphatic carbocycles. The lowest BCUT2D eigenvalue weighted by Crippen LogP contribution is -2.40. The molecule has 0 bridgehead atoms. The summed E-state index contributed by atoms with van der Waals surface area (Å²) in [6, 6.07) is 11.8. The zero-order chi connectivity index (χ0) is 41.7. The summed E-state index contributed by atoms with van der Waals surface area (Å²) in [7, 11) is -2.89. The molecule has 4 aromatic rings. The minimum absolute atomic E-state index is 0.0290. The van der Waals surface area contributed by atoms with Crippen molar-refractivity contribution in [2.24, 2.45) is 5.92 Å². The van der Waals surface area contributed by atoms with E-state index >= 15 is 4.39 Å². The number of carboxylic acids is 2. The third kappa shape index (κ3) is 9.27. The van der Waals surface area contributed by atoms with Gasteiger partial charge >= 0.3 is 24.1 Å². The molecule has 0 saturated carbocycles. The molecule has 0 radical (unpaired) electrons. The maximum absolute atomic E-state index is 15.7. The number of carbonyl (C=O) groups is 4. The number of carbonyl (C=O) groups excluding carboxylic acids is 2. The molecule has 0 spiro atoms. The molecule has 19 heteroatoms. The molecule has 1 aromatic heterocycles. The Balaban J connectivity index is 0.000000908. The van der Waals surface area contributed by atoms with E-state index in [4.69, 9.17) is 25.1 Å². The first-order valence-corrected chi connectivity index (χ1v) is 18.4. The largest absolute Gasteiger partial charge is 0.494 e. The molecule has 1 saturated heterocycles. The van der Waals surface area contributed by atoms with E-state index in [1.165, 1.54) is 61.3 Å². The molecule has 56 heavy (non-hydrogen) atoms. The molecule has 300 valence electrons. The topological polar surface area (TPSA) is 216 Å². The number of amides is 1. The highest BCUT2D eigenvalue weighted by Crippen LogP contribution is 2.43. The molecule has 2 heterocycles. The number of likely N-dealkylation sites (tertiary alicyclic amines) is 1. The zero-order valence-electron chi connectivity index (χ0n) is 30.3. The second-order valence-corrected chi connectivity index (χ2v) is 15.1. The number of nitrogens with one attached hydrogen (secondary N) is 1. The van der Waals surface area contributed by atoms with Crippen LogP contribution in [0.5, 0.6) is 5.75 Å². The third-order valence-corrected chi connectivity index (χ3v) is 11.1. The molecule has 1 aliphatic rings. The summed E-state index contributed by atoms with van der Waals surface area (Å²) < 4.78 is 85.2. The van der Waals surface area contributed by atoms with Crippen molar-refractivity contribution >= 4 is 55.9 Å². The monoisotopic (exact) mass is 806 g/mol. The summed E-state index contributed by atoms with van der Waals surface area (Å²) in [5.74, 6) is -6.93. The molecule has 2 unspecified atom stereocenters. The highest BCUT2D eigenvalue weighted by Gasteiger charge is 2.47. The number of anilines is 2. The molecular formula is C37H38F4N4O10S. The van der Waals surface area contributed by atoms with Crippen LogP contribution in [0.2, 0.25) is 0 Å². The number of ether oxygens (including phenoxy) is 2. The smallest absolute Gasteiger partial charge is 0.490 e. The van der Waals surface area contributed by atoms with Gasteiger partial charge < -0.3 is 35.6 Å².